The van der Waals surface area contributed by atoms with Crippen LogP contribution in [0.4, 0.5) is 23.0 Å². The fraction of sp³-hybridized carbons (Fsp3) is 0.382. The monoisotopic (exact) mass is 901 g/mol. The maximum absolute atomic E-state index is 12.9. The summed E-state index contributed by atoms with van der Waals surface area (Å²) in [6.07, 6.45) is 16.0. The minimum atomic E-state index is -0.356. The lowest BCUT2D eigenvalue weighted by Gasteiger charge is -2.31. The number of aryl methyl sites for hydroxylation is 3. The average Bonchev–Trinajstić information content (AvgIpc) is 3.92. The van der Waals surface area contributed by atoms with Crippen LogP contribution in [0.25, 0.3) is 11.1 Å². The van der Waals surface area contributed by atoms with E-state index in [-0.39, 0.29) is 22.9 Å². The molecule has 6 aromatic rings. The van der Waals surface area contributed by atoms with Crippen molar-refractivity contribution in [2.45, 2.75) is 126 Å². The summed E-state index contributed by atoms with van der Waals surface area (Å²) >= 11 is 0. The number of amides is 2. The smallest absolute Gasteiger partial charge is 0.291 e. The zero-order valence-corrected chi connectivity index (χ0v) is 41.2. The average molecular weight is 901 g/mol. The molecule has 4 heterocycles. The first-order valence-corrected chi connectivity index (χ1v) is 23.4. The second-order valence-corrected chi connectivity index (χ2v) is 20.8. The molecule has 8 rings (SSSR count). The summed E-state index contributed by atoms with van der Waals surface area (Å²) in [5, 5.41) is 13.3. The molecule has 0 saturated carbocycles. The van der Waals surface area contributed by atoms with Crippen LogP contribution in [0.1, 0.15) is 154 Å². The molecule has 12 heteroatoms. The Balaban J connectivity index is 0.000000199. The Morgan fingerprint density at radius 3 is 1.48 bits per heavy atom. The van der Waals surface area contributed by atoms with E-state index in [1.165, 1.54) is 11.1 Å². The van der Waals surface area contributed by atoms with Crippen molar-refractivity contribution in [1.29, 1.82) is 0 Å². The molecule has 6 N–H and O–H groups in total. The van der Waals surface area contributed by atoms with Crippen LogP contribution < -0.4 is 21.3 Å². The zero-order chi connectivity index (χ0) is 48.1. The molecule has 0 radical (unpaired) electrons. The summed E-state index contributed by atoms with van der Waals surface area (Å²) in [5.74, 6) is 1.83. The van der Waals surface area contributed by atoms with E-state index in [1.807, 2.05) is 69.3 Å². The first-order chi connectivity index (χ1) is 31.6. The summed E-state index contributed by atoms with van der Waals surface area (Å²) in [7, 11) is 0. The van der Waals surface area contributed by atoms with Crippen LogP contribution in [0.15, 0.2) is 104 Å². The molecule has 0 fully saturated rings. The number of hydrogen-bond acceptors (Lipinski definition) is 8. The quantitative estimate of drug-likeness (QED) is 0.0706. The van der Waals surface area contributed by atoms with Gasteiger partial charge in [0.1, 0.15) is 11.6 Å². The highest BCUT2D eigenvalue weighted by Crippen LogP contribution is 2.43. The zero-order valence-electron chi connectivity index (χ0n) is 41.2. The molecular weight excluding hydrogens is 833 g/mol. The number of allylic oxidation sites excluding steroid dienone is 4. The number of anilines is 4. The van der Waals surface area contributed by atoms with Crippen LogP contribution >= 0.6 is 0 Å². The minimum absolute atomic E-state index is 0.236. The van der Waals surface area contributed by atoms with E-state index in [0.29, 0.717) is 22.5 Å². The van der Waals surface area contributed by atoms with Crippen molar-refractivity contribution in [3.63, 3.8) is 0 Å². The van der Waals surface area contributed by atoms with Gasteiger partial charge in [-0.05, 0) is 169 Å². The van der Waals surface area contributed by atoms with Crippen LogP contribution in [0.3, 0.4) is 0 Å². The van der Waals surface area contributed by atoms with Crippen LogP contribution in [0, 0.1) is 31.6 Å². The summed E-state index contributed by atoms with van der Waals surface area (Å²) < 4.78 is 0. The Labute approximate surface area is 396 Å². The number of nitrogens with one attached hydrogen (secondary N) is 6. The van der Waals surface area contributed by atoms with Crippen LogP contribution in [-0.4, -0.2) is 41.7 Å². The van der Waals surface area contributed by atoms with Crippen molar-refractivity contribution < 1.29 is 9.59 Å². The molecule has 2 aliphatic rings. The normalized spacial score (nSPS) is 15.6. The van der Waals surface area contributed by atoms with Crippen molar-refractivity contribution in [3.05, 3.63) is 155 Å². The number of aromatic nitrogens is 6. The van der Waals surface area contributed by atoms with Gasteiger partial charge in [0.25, 0.3) is 11.8 Å². The lowest BCUT2D eigenvalue weighted by molar-refractivity contribution is 0.101. The summed E-state index contributed by atoms with van der Waals surface area (Å²) in [5.41, 5.74) is 11.1. The Morgan fingerprint density at radius 1 is 0.597 bits per heavy atom. The number of benzene rings is 2. The SMILES string of the molecule is Cc1cccc(NC(C)(C)c2ccc(NC(=O)c3ncc(C)[nH]3)c(C3=CCC(C)(C)CC3)c2)n1.Cc1cnc(C(=O)Nc2ccc(C(C)(C)Nc3ccccn3)cc2C2=CCC(C)(C)CC2)[nH]1. The molecule has 0 saturated heterocycles. The fourth-order valence-corrected chi connectivity index (χ4v) is 8.51. The van der Waals surface area contributed by atoms with Crippen molar-refractivity contribution in [2.24, 2.45) is 10.8 Å². The number of imidazole rings is 2. The van der Waals surface area contributed by atoms with Gasteiger partial charge >= 0.3 is 0 Å². The Kier molecular flexibility index (Phi) is 14.1. The summed E-state index contributed by atoms with van der Waals surface area (Å²) in [6, 6.07) is 24.4. The largest absolute Gasteiger partial charge is 0.361 e. The third-order valence-corrected chi connectivity index (χ3v) is 12.9. The van der Waals surface area contributed by atoms with Crippen LogP contribution in [-0.2, 0) is 11.1 Å². The third kappa shape index (κ3) is 12.3. The van der Waals surface area contributed by atoms with E-state index in [1.54, 1.807) is 18.6 Å². The standard InChI is InChI=1S/C28H35N5O.C27H33N5O/c1-18-8-7-9-24(30-18)33-28(5,6)21-10-11-23(32-26(34)25-29-17-19(2)31-25)22(16-21)20-12-14-27(3,4)15-13-20;1-18-17-29-24(30-18)25(33)31-22-10-9-20(27(4,5)32-23-8-6-7-15-28-23)16-21(22)19-11-13-26(2,3)14-12-19/h7-12,16-17H,13-15H2,1-6H3,(H,29,31)(H,30,33)(H,32,34);6-11,15-17H,12-14H2,1-5H3,(H,28,32)(H,29,30)(H,31,33). The number of nitrogens with zero attached hydrogens (tertiary/aromatic N) is 4. The van der Waals surface area contributed by atoms with Crippen molar-refractivity contribution in [1.82, 2.24) is 29.9 Å². The molecule has 12 nitrogen and oxygen atoms in total. The van der Waals surface area contributed by atoms with Gasteiger partial charge in [-0.1, -0.05) is 64.1 Å². The number of rotatable bonds is 12. The first-order valence-electron chi connectivity index (χ1n) is 23.4. The fourth-order valence-electron chi connectivity index (χ4n) is 8.51. The molecule has 67 heavy (non-hydrogen) atoms. The molecule has 0 bridgehead atoms. The molecule has 0 spiro atoms. The van der Waals surface area contributed by atoms with Crippen LogP contribution in [0.2, 0.25) is 0 Å². The van der Waals surface area contributed by atoms with Gasteiger partial charge in [-0.15, -0.1) is 0 Å². The molecule has 2 amide bonds. The third-order valence-electron chi connectivity index (χ3n) is 12.9. The van der Waals surface area contributed by atoms with Crippen LogP contribution in [0.5, 0.6) is 0 Å². The molecular formula is C55H68N10O2. The van der Waals surface area contributed by atoms with E-state index >= 15 is 0 Å². The molecule has 350 valence electrons. The van der Waals surface area contributed by atoms with Crippen molar-refractivity contribution in [3.8, 4) is 0 Å². The first kappa shape index (κ1) is 48.1. The van der Waals surface area contributed by atoms with Gasteiger partial charge in [0.2, 0.25) is 0 Å². The van der Waals surface area contributed by atoms with Gasteiger partial charge in [-0.25, -0.2) is 19.9 Å². The maximum atomic E-state index is 12.9. The van der Waals surface area contributed by atoms with E-state index in [2.05, 4.69) is 143 Å². The maximum Gasteiger partial charge on any atom is 0.291 e. The number of pyridine rings is 2. The Hall–Kier alpha value is -6.82. The second-order valence-electron chi connectivity index (χ2n) is 20.8. The molecule has 2 aromatic carbocycles. The van der Waals surface area contributed by atoms with Crippen molar-refractivity contribution >= 4 is 46.0 Å². The predicted molar refractivity (Wildman–Crippen MR) is 273 cm³/mol. The molecule has 0 atom stereocenters. The van der Waals surface area contributed by atoms with Gasteiger partial charge in [0, 0.05) is 58.2 Å². The number of carbonyl (C=O) groups is 2. The van der Waals surface area contributed by atoms with E-state index < -0.39 is 0 Å². The van der Waals surface area contributed by atoms with Crippen molar-refractivity contribution in [2.75, 3.05) is 21.3 Å². The van der Waals surface area contributed by atoms with Gasteiger partial charge < -0.3 is 31.2 Å². The highest BCUT2D eigenvalue weighted by atomic mass is 16.2. The molecule has 2 aliphatic carbocycles. The number of carbonyl (C=O) groups excluding carboxylic acids is 2. The van der Waals surface area contributed by atoms with Gasteiger partial charge in [-0.3, -0.25) is 9.59 Å². The Morgan fingerprint density at radius 2 is 1.07 bits per heavy atom. The lowest BCUT2D eigenvalue weighted by Crippen LogP contribution is -2.29. The van der Waals surface area contributed by atoms with E-state index in [0.717, 1.165) is 101 Å². The van der Waals surface area contributed by atoms with E-state index in [4.69, 9.17) is 0 Å². The highest BCUT2D eigenvalue weighted by Gasteiger charge is 2.29. The Bertz CT molecular complexity index is 2790. The lowest BCUT2D eigenvalue weighted by atomic mass is 9.76. The summed E-state index contributed by atoms with van der Waals surface area (Å²) in [6.45, 7) is 23.6. The van der Waals surface area contributed by atoms with Gasteiger partial charge in [-0.2, -0.15) is 0 Å². The topological polar surface area (TPSA) is 165 Å². The van der Waals surface area contributed by atoms with E-state index in [9.17, 15) is 9.59 Å². The van der Waals surface area contributed by atoms with Gasteiger partial charge in [0.15, 0.2) is 11.6 Å². The molecule has 0 unspecified atom stereocenters. The predicted octanol–water partition coefficient (Wildman–Crippen LogP) is 12.9. The highest BCUT2D eigenvalue weighted by molar-refractivity contribution is 6.04. The number of aromatic amines is 2. The number of H-pyrrole nitrogens is 2. The second kappa shape index (κ2) is 19.6. The minimum Gasteiger partial charge on any atom is -0.361 e. The van der Waals surface area contributed by atoms with Gasteiger partial charge in [0.05, 0.1) is 11.1 Å². The molecule has 0 aliphatic heterocycles. The molecule has 4 aromatic heterocycles. The number of hydrogen-bond donors (Lipinski definition) is 6. The summed E-state index contributed by atoms with van der Waals surface area (Å²) in [4.78, 5) is 49.1.